The third-order valence-electron chi connectivity index (χ3n) is 5.35. The Morgan fingerprint density at radius 1 is 0.900 bits per heavy atom. The summed E-state index contributed by atoms with van der Waals surface area (Å²) in [4.78, 5) is 2.73. The molecule has 0 N–H and O–H groups in total. The van der Waals surface area contributed by atoms with E-state index >= 15 is 0 Å². The molecule has 0 unspecified atom stereocenters. The van der Waals surface area contributed by atoms with E-state index in [-0.39, 0.29) is 0 Å². The van der Waals surface area contributed by atoms with Crippen molar-refractivity contribution in [2.24, 2.45) is 17.8 Å². The van der Waals surface area contributed by atoms with E-state index in [9.17, 15) is 0 Å². The molecule has 2 fully saturated rings. The summed E-state index contributed by atoms with van der Waals surface area (Å²) in [5.41, 5.74) is 0. The molecule has 0 radical (unpaired) electrons. The molecular weight excluding hydrogens is 246 g/mol. The first kappa shape index (κ1) is 16.3. The molecule has 1 saturated heterocycles. The van der Waals surface area contributed by atoms with Gasteiger partial charge in [-0.05, 0) is 83.2 Å². The molecule has 0 aromatic rings. The van der Waals surface area contributed by atoms with Crippen LogP contribution < -0.4 is 0 Å². The van der Waals surface area contributed by atoms with Gasteiger partial charge < -0.3 is 9.64 Å². The molecule has 0 atom stereocenters. The summed E-state index contributed by atoms with van der Waals surface area (Å²) < 4.78 is 5.96. The summed E-state index contributed by atoms with van der Waals surface area (Å²) >= 11 is 0. The van der Waals surface area contributed by atoms with Crippen molar-refractivity contribution in [3.63, 3.8) is 0 Å². The van der Waals surface area contributed by atoms with E-state index in [0.29, 0.717) is 12.2 Å². The molecule has 118 valence electrons. The van der Waals surface area contributed by atoms with E-state index in [1.54, 1.807) is 0 Å². The van der Waals surface area contributed by atoms with Gasteiger partial charge in [0.1, 0.15) is 0 Å². The van der Waals surface area contributed by atoms with Gasteiger partial charge in [-0.15, -0.1) is 0 Å². The summed E-state index contributed by atoms with van der Waals surface area (Å²) in [6.07, 6.45) is 9.09. The number of hydrogen-bond acceptors (Lipinski definition) is 2. The molecule has 0 aromatic carbocycles. The van der Waals surface area contributed by atoms with Crippen molar-refractivity contribution in [1.29, 1.82) is 0 Å². The van der Waals surface area contributed by atoms with Crippen LogP contribution in [0.15, 0.2) is 0 Å². The Labute approximate surface area is 126 Å². The minimum Gasteiger partial charge on any atom is -0.376 e. The van der Waals surface area contributed by atoms with Crippen LogP contribution in [-0.2, 0) is 4.74 Å². The Morgan fingerprint density at radius 2 is 1.50 bits per heavy atom. The third kappa shape index (κ3) is 5.04. The van der Waals surface area contributed by atoms with Gasteiger partial charge in [0.05, 0.1) is 12.2 Å². The minimum absolute atomic E-state index is 0.395. The Balaban J connectivity index is 1.64. The lowest BCUT2D eigenvalue weighted by Gasteiger charge is -2.37. The van der Waals surface area contributed by atoms with Gasteiger partial charge in [-0.25, -0.2) is 0 Å². The lowest BCUT2D eigenvalue weighted by atomic mass is 9.84. The van der Waals surface area contributed by atoms with E-state index < -0.39 is 0 Å². The van der Waals surface area contributed by atoms with Crippen LogP contribution >= 0.6 is 0 Å². The second-order valence-corrected chi connectivity index (χ2v) is 7.71. The zero-order valence-corrected chi connectivity index (χ0v) is 14.1. The fraction of sp³-hybridized carbons (Fsp3) is 1.00. The highest BCUT2D eigenvalue weighted by molar-refractivity contribution is 4.79. The molecular formula is C18H35NO. The number of nitrogens with zero attached hydrogens (tertiary/aromatic N) is 1. The Hall–Kier alpha value is -0.0800. The number of piperidine rings is 1. The largest absolute Gasteiger partial charge is 0.376 e. The highest BCUT2D eigenvalue weighted by Gasteiger charge is 2.26. The van der Waals surface area contributed by atoms with Gasteiger partial charge in [0.15, 0.2) is 0 Å². The molecule has 1 aliphatic carbocycles. The first-order chi connectivity index (χ1) is 9.54. The Kier molecular flexibility index (Phi) is 6.35. The standard InChI is InChI=1S/C18H35NO/c1-14(2)17-9-11-19(12-10-17)13-16-5-7-18(8-6-16)20-15(3)4/h14-18H,5-13H2,1-4H3. The molecule has 2 aliphatic rings. The van der Waals surface area contributed by atoms with Crippen molar-refractivity contribution in [3.8, 4) is 0 Å². The minimum atomic E-state index is 0.395. The highest BCUT2D eigenvalue weighted by atomic mass is 16.5. The van der Waals surface area contributed by atoms with Crippen molar-refractivity contribution >= 4 is 0 Å². The van der Waals surface area contributed by atoms with E-state index in [0.717, 1.165) is 17.8 Å². The molecule has 2 nitrogen and oxygen atoms in total. The van der Waals surface area contributed by atoms with Gasteiger partial charge in [0.2, 0.25) is 0 Å². The monoisotopic (exact) mass is 281 g/mol. The second kappa shape index (κ2) is 7.79. The predicted octanol–water partition coefficient (Wildman–Crippen LogP) is 4.34. The summed E-state index contributed by atoms with van der Waals surface area (Å²) in [6.45, 7) is 13.1. The zero-order valence-electron chi connectivity index (χ0n) is 14.1. The van der Waals surface area contributed by atoms with Gasteiger partial charge >= 0.3 is 0 Å². The Bertz CT molecular complexity index is 261. The van der Waals surface area contributed by atoms with Crippen molar-refractivity contribution in [2.45, 2.75) is 78.4 Å². The molecule has 20 heavy (non-hydrogen) atoms. The highest BCUT2D eigenvalue weighted by Crippen LogP contribution is 2.30. The van der Waals surface area contributed by atoms with Gasteiger partial charge in [-0.3, -0.25) is 0 Å². The van der Waals surface area contributed by atoms with Crippen LogP contribution in [0.4, 0.5) is 0 Å². The topological polar surface area (TPSA) is 12.5 Å². The Morgan fingerprint density at radius 3 is 2.00 bits per heavy atom. The lowest BCUT2D eigenvalue weighted by molar-refractivity contribution is -0.0230. The summed E-state index contributed by atoms with van der Waals surface area (Å²) in [7, 11) is 0. The van der Waals surface area contributed by atoms with Crippen LogP contribution in [0.1, 0.15) is 66.2 Å². The zero-order chi connectivity index (χ0) is 14.5. The molecule has 2 rings (SSSR count). The van der Waals surface area contributed by atoms with E-state index in [4.69, 9.17) is 4.74 Å². The maximum Gasteiger partial charge on any atom is 0.0578 e. The summed E-state index contributed by atoms with van der Waals surface area (Å²) in [5, 5.41) is 0. The van der Waals surface area contributed by atoms with Crippen LogP contribution in [0, 0.1) is 17.8 Å². The van der Waals surface area contributed by atoms with Gasteiger partial charge in [0.25, 0.3) is 0 Å². The van der Waals surface area contributed by atoms with Gasteiger partial charge in [-0.2, -0.15) is 0 Å². The van der Waals surface area contributed by atoms with Crippen molar-refractivity contribution < 1.29 is 4.74 Å². The number of rotatable bonds is 5. The smallest absolute Gasteiger partial charge is 0.0578 e. The van der Waals surface area contributed by atoms with Gasteiger partial charge in [0, 0.05) is 6.54 Å². The molecule has 0 amide bonds. The quantitative estimate of drug-likeness (QED) is 0.743. The molecule has 1 aliphatic heterocycles. The number of ether oxygens (including phenoxy) is 1. The maximum atomic E-state index is 5.96. The predicted molar refractivity (Wildman–Crippen MR) is 86.0 cm³/mol. The first-order valence-corrected chi connectivity index (χ1v) is 8.92. The van der Waals surface area contributed by atoms with E-state index in [1.165, 1.54) is 58.2 Å². The van der Waals surface area contributed by atoms with E-state index in [2.05, 4.69) is 32.6 Å². The molecule has 0 bridgehead atoms. The fourth-order valence-corrected chi connectivity index (χ4v) is 4.00. The van der Waals surface area contributed by atoms with Crippen molar-refractivity contribution in [2.75, 3.05) is 19.6 Å². The number of hydrogen-bond donors (Lipinski definition) is 0. The van der Waals surface area contributed by atoms with Crippen LogP contribution in [0.25, 0.3) is 0 Å². The van der Waals surface area contributed by atoms with Crippen LogP contribution in [0.5, 0.6) is 0 Å². The molecule has 1 saturated carbocycles. The van der Waals surface area contributed by atoms with E-state index in [1.807, 2.05) is 0 Å². The van der Waals surface area contributed by atoms with Crippen LogP contribution in [0.3, 0.4) is 0 Å². The average Bonchev–Trinajstić information content (AvgIpc) is 2.41. The maximum absolute atomic E-state index is 5.96. The summed E-state index contributed by atoms with van der Waals surface area (Å²) in [5.74, 6) is 2.78. The normalized spacial score (nSPS) is 30.3. The third-order valence-corrected chi connectivity index (χ3v) is 5.35. The van der Waals surface area contributed by atoms with Crippen molar-refractivity contribution in [3.05, 3.63) is 0 Å². The first-order valence-electron chi connectivity index (χ1n) is 8.92. The summed E-state index contributed by atoms with van der Waals surface area (Å²) in [6, 6.07) is 0. The van der Waals surface area contributed by atoms with Gasteiger partial charge in [-0.1, -0.05) is 13.8 Å². The molecule has 1 heterocycles. The number of likely N-dealkylation sites (tertiary alicyclic amines) is 1. The lowest BCUT2D eigenvalue weighted by Crippen LogP contribution is -2.39. The molecule has 2 heteroatoms. The SMILES string of the molecule is CC(C)OC1CCC(CN2CCC(C(C)C)CC2)CC1. The fourth-order valence-electron chi connectivity index (χ4n) is 4.00. The molecule has 0 aromatic heterocycles. The van der Waals surface area contributed by atoms with Crippen molar-refractivity contribution in [1.82, 2.24) is 4.90 Å². The second-order valence-electron chi connectivity index (χ2n) is 7.71. The average molecular weight is 281 g/mol. The van der Waals surface area contributed by atoms with Crippen LogP contribution in [0.2, 0.25) is 0 Å². The van der Waals surface area contributed by atoms with Crippen LogP contribution in [-0.4, -0.2) is 36.7 Å². The molecule has 0 spiro atoms.